The molecular weight excluding hydrogens is 322 g/mol. The average molecular weight is 347 g/mol. The second-order valence-electron chi connectivity index (χ2n) is 6.16. The quantitative estimate of drug-likeness (QED) is 0.399. The molecule has 3 rings (SSSR count). The predicted octanol–water partition coefficient (Wildman–Crippen LogP) is 5.50. The van der Waals surface area contributed by atoms with Gasteiger partial charge in [-0.1, -0.05) is 37.6 Å². The van der Waals surface area contributed by atoms with Crippen LogP contribution in [0.3, 0.4) is 0 Å². The third-order valence-electron chi connectivity index (χ3n) is 4.16. The molecule has 0 aliphatic rings. The molecule has 134 valence electrons. The van der Waals surface area contributed by atoms with Crippen molar-refractivity contribution in [2.24, 2.45) is 4.99 Å². The number of unbranched alkanes of at least 4 members (excludes halogenated alkanes) is 1. The Kier molecular flexibility index (Phi) is 6.20. The van der Waals surface area contributed by atoms with Crippen LogP contribution in [-0.4, -0.2) is 22.6 Å². The Hall–Kier alpha value is -2.88. The Morgan fingerprint density at radius 2 is 1.69 bits per heavy atom. The molecule has 4 heteroatoms. The Morgan fingerprint density at radius 1 is 1.00 bits per heavy atom. The van der Waals surface area contributed by atoms with Crippen molar-refractivity contribution < 1.29 is 4.74 Å². The van der Waals surface area contributed by atoms with Gasteiger partial charge in [0.05, 0.1) is 18.5 Å². The molecule has 26 heavy (non-hydrogen) atoms. The van der Waals surface area contributed by atoms with Crippen LogP contribution in [0, 0.1) is 0 Å². The summed E-state index contributed by atoms with van der Waals surface area (Å²) in [7, 11) is 0. The van der Waals surface area contributed by atoms with E-state index in [0.29, 0.717) is 0 Å². The van der Waals surface area contributed by atoms with E-state index in [1.807, 2.05) is 47.6 Å². The Labute approximate surface area is 155 Å². The van der Waals surface area contributed by atoms with Crippen LogP contribution in [-0.2, 0) is 6.54 Å². The third-order valence-corrected chi connectivity index (χ3v) is 4.16. The summed E-state index contributed by atoms with van der Waals surface area (Å²) in [5, 5.41) is 4.25. The zero-order chi connectivity index (χ0) is 18.2. The maximum absolute atomic E-state index is 5.71. The summed E-state index contributed by atoms with van der Waals surface area (Å²) in [4.78, 5) is 4.52. The lowest BCUT2D eigenvalue weighted by Crippen LogP contribution is -1.95. The molecular formula is C22H25N3O. The molecule has 0 saturated heterocycles. The number of rotatable bonds is 8. The SMILES string of the molecule is CCCCOc1ccc(-c2ccc(N=Cc3cnn(CC)c3)cc2)cc1. The molecule has 1 aromatic heterocycles. The Balaban J connectivity index is 1.63. The summed E-state index contributed by atoms with van der Waals surface area (Å²) >= 11 is 0. The topological polar surface area (TPSA) is 39.4 Å². The maximum Gasteiger partial charge on any atom is 0.119 e. The summed E-state index contributed by atoms with van der Waals surface area (Å²) in [6, 6.07) is 16.5. The largest absolute Gasteiger partial charge is 0.494 e. The van der Waals surface area contributed by atoms with Crippen molar-refractivity contribution in [3.8, 4) is 16.9 Å². The van der Waals surface area contributed by atoms with Gasteiger partial charge in [0.25, 0.3) is 0 Å². The van der Waals surface area contributed by atoms with Gasteiger partial charge in [-0.25, -0.2) is 0 Å². The molecule has 0 radical (unpaired) electrons. The highest BCUT2D eigenvalue weighted by atomic mass is 16.5. The first-order chi connectivity index (χ1) is 12.8. The van der Waals surface area contributed by atoms with Gasteiger partial charge in [-0.05, 0) is 48.7 Å². The number of hydrogen-bond donors (Lipinski definition) is 0. The molecule has 0 spiro atoms. The summed E-state index contributed by atoms with van der Waals surface area (Å²) in [5.74, 6) is 0.927. The molecule has 3 aromatic rings. The first-order valence-electron chi connectivity index (χ1n) is 9.18. The average Bonchev–Trinajstić information content (AvgIpc) is 3.16. The minimum Gasteiger partial charge on any atom is -0.494 e. The number of hydrogen-bond acceptors (Lipinski definition) is 3. The van der Waals surface area contributed by atoms with Gasteiger partial charge < -0.3 is 4.74 Å². The molecule has 1 heterocycles. The van der Waals surface area contributed by atoms with Crippen LogP contribution in [0.25, 0.3) is 11.1 Å². The van der Waals surface area contributed by atoms with Crippen molar-refractivity contribution in [2.45, 2.75) is 33.2 Å². The number of aryl methyl sites for hydroxylation is 1. The lowest BCUT2D eigenvalue weighted by Gasteiger charge is -2.07. The van der Waals surface area contributed by atoms with E-state index >= 15 is 0 Å². The second kappa shape index (κ2) is 8.99. The molecule has 0 aliphatic carbocycles. The fraction of sp³-hybridized carbons (Fsp3) is 0.273. The van der Waals surface area contributed by atoms with Crippen LogP contribution < -0.4 is 4.74 Å². The van der Waals surface area contributed by atoms with E-state index in [2.05, 4.69) is 48.2 Å². The molecule has 0 amide bonds. The van der Waals surface area contributed by atoms with Crippen molar-refractivity contribution in [3.05, 3.63) is 66.5 Å². The molecule has 2 aromatic carbocycles. The van der Waals surface area contributed by atoms with Crippen molar-refractivity contribution in [1.29, 1.82) is 0 Å². The second-order valence-corrected chi connectivity index (χ2v) is 6.16. The molecule has 0 aliphatic heterocycles. The van der Waals surface area contributed by atoms with Crippen LogP contribution >= 0.6 is 0 Å². The van der Waals surface area contributed by atoms with Crippen LogP contribution in [0.2, 0.25) is 0 Å². The first kappa shape index (κ1) is 17.9. The Bertz CT molecular complexity index is 833. The fourth-order valence-corrected chi connectivity index (χ4v) is 2.59. The molecule has 0 unspecified atom stereocenters. The zero-order valence-corrected chi connectivity index (χ0v) is 15.4. The number of nitrogens with zero attached hydrogens (tertiary/aromatic N) is 3. The van der Waals surface area contributed by atoms with Gasteiger partial charge in [-0.2, -0.15) is 5.10 Å². The highest BCUT2D eigenvalue weighted by Crippen LogP contribution is 2.25. The molecule has 0 fully saturated rings. The first-order valence-corrected chi connectivity index (χ1v) is 9.18. The van der Waals surface area contributed by atoms with E-state index in [4.69, 9.17) is 4.74 Å². The van der Waals surface area contributed by atoms with E-state index in [0.717, 1.165) is 43.0 Å². The number of ether oxygens (including phenoxy) is 1. The van der Waals surface area contributed by atoms with E-state index in [1.54, 1.807) is 0 Å². The molecule has 0 bridgehead atoms. The van der Waals surface area contributed by atoms with Crippen molar-refractivity contribution in [2.75, 3.05) is 6.61 Å². The van der Waals surface area contributed by atoms with Crippen LogP contribution in [0.1, 0.15) is 32.3 Å². The minimum atomic E-state index is 0.777. The molecule has 4 nitrogen and oxygen atoms in total. The van der Waals surface area contributed by atoms with Gasteiger partial charge in [-0.15, -0.1) is 0 Å². The third kappa shape index (κ3) is 4.82. The van der Waals surface area contributed by atoms with E-state index < -0.39 is 0 Å². The molecule has 0 saturated carbocycles. The summed E-state index contributed by atoms with van der Waals surface area (Å²) in [6.45, 7) is 5.87. The van der Waals surface area contributed by atoms with Crippen LogP contribution in [0.5, 0.6) is 5.75 Å². The fourth-order valence-electron chi connectivity index (χ4n) is 2.59. The molecule has 0 N–H and O–H groups in total. The van der Waals surface area contributed by atoms with E-state index in [9.17, 15) is 0 Å². The van der Waals surface area contributed by atoms with Crippen molar-refractivity contribution in [1.82, 2.24) is 9.78 Å². The normalized spacial score (nSPS) is 11.2. The summed E-state index contributed by atoms with van der Waals surface area (Å²) in [6.07, 6.45) is 7.89. The van der Waals surface area contributed by atoms with Crippen molar-refractivity contribution >= 4 is 11.9 Å². The van der Waals surface area contributed by atoms with Gasteiger partial charge >= 0.3 is 0 Å². The smallest absolute Gasteiger partial charge is 0.119 e. The summed E-state index contributed by atoms with van der Waals surface area (Å²) < 4.78 is 7.60. The van der Waals surface area contributed by atoms with Gasteiger partial charge in [-0.3, -0.25) is 9.67 Å². The lowest BCUT2D eigenvalue weighted by molar-refractivity contribution is 0.309. The monoisotopic (exact) mass is 347 g/mol. The number of aliphatic imine (C=N–C) groups is 1. The zero-order valence-electron chi connectivity index (χ0n) is 15.4. The van der Waals surface area contributed by atoms with Crippen LogP contribution in [0.4, 0.5) is 5.69 Å². The number of benzene rings is 2. The molecule has 0 atom stereocenters. The van der Waals surface area contributed by atoms with Crippen LogP contribution in [0.15, 0.2) is 65.9 Å². The lowest BCUT2D eigenvalue weighted by atomic mass is 10.1. The highest BCUT2D eigenvalue weighted by Gasteiger charge is 2.00. The predicted molar refractivity (Wildman–Crippen MR) is 107 cm³/mol. The summed E-state index contributed by atoms with van der Waals surface area (Å²) in [5.41, 5.74) is 4.28. The van der Waals surface area contributed by atoms with Gasteiger partial charge in [0, 0.05) is 24.5 Å². The van der Waals surface area contributed by atoms with Gasteiger partial charge in [0.15, 0.2) is 0 Å². The van der Waals surface area contributed by atoms with Crippen molar-refractivity contribution in [3.63, 3.8) is 0 Å². The number of aromatic nitrogens is 2. The minimum absolute atomic E-state index is 0.777. The standard InChI is InChI=1S/C22H25N3O/c1-3-5-14-26-22-12-8-20(9-13-22)19-6-10-21(11-7-19)23-15-18-16-24-25(4-2)17-18/h6-13,15-17H,3-5,14H2,1-2H3. The Morgan fingerprint density at radius 3 is 2.31 bits per heavy atom. The van der Waals surface area contributed by atoms with Gasteiger partial charge in [0.1, 0.15) is 5.75 Å². The van der Waals surface area contributed by atoms with E-state index in [1.165, 1.54) is 11.1 Å². The highest BCUT2D eigenvalue weighted by molar-refractivity contribution is 5.81. The van der Waals surface area contributed by atoms with E-state index in [-0.39, 0.29) is 0 Å². The maximum atomic E-state index is 5.71. The van der Waals surface area contributed by atoms with Gasteiger partial charge in [0.2, 0.25) is 0 Å².